The van der Waals surface area contributed by atoms with E-state index in [9.17, 15) is 4.79 Å². The molecule has 0 aromatic rings. The van der Waals surface area contributed by atoms with Crippen LogP contribution in [0.3, 0.4) is 0 Å². The monoisotopic (exact) mass is 356 g/mol. The van der Waals surface area contributed by atoms with Crippen molar-refractivity contribution in [1.29, 1.82) is 0 Å². The fraction of sp³-hybridized carbons (Fsp3) is 0.947. The topological polar surface area (TPSA) is 39.3 Å². The van der Waals surface area contributed by atoms with Crippen molar-refractivity contribution < 1.29 is 9.53 Å². The second-order valence-electron chi connectivity index (χ2n) is 6.88. The van der Waals surface area contributed by atoms with E-state index in [2.05, 4.69) is 40.4 Å². The van der Waals surface area contributed by atoms with Crippen LogP contribution in [0.15, 0.2) is 0 Å². The van der Waals surface area contributed by atoms with Gasteiger partial charge in [-0.15, -0.1) is 0 Å². The van der Waals surface area contributed by atoms with E-state index in [1.54, 1.807) is 0 Å². The molecule has 0 amide bonds. The van der Waals surface area contributed by atoms with Gasteiger partial charge in [0.15, 0.2) is 0 Å². The Balaban J connectivity index is 2.67. The molecule has 0 radical (unpaired) electrons. The van der Waals surface area contributed by atoms with Gasteiger partial charge in [-0.2, -0.15) is 0 Å². The van der Waals surface area contributed by atoms with E-state index in [1.165, 1.54) is 13.5 Å². The van der Waals surface area contributed by atoms with Crippen LogP contribution in [0.4, 0.5) is 0 Å². The molecule has 0 aromatic heterocycles. The number of esters is 1. The molecule has 0 bridgehead atoms. The molecule has 25 heavy (non-hydrogen) atoms. The smallest absolute Gasteiger partial charge is 0.306 e. The summed E-state index contributed by atoms with van der Waals surface area (Å²) >= 11 is 0. The lowest BCUT2D eigenvalue weighted by Crippen LogP contribution is -2.46. The van der Waals surface area contributed by atoms with E-state index in [4.69, 9.17) is 4.74 Å². The summed E-state index contributed by atoms with van der Waals surface area (Å²) in [7, 11) is 1.47. The number of nitrogens with zero attached hydrogens (tertiary/aromatic N) is 4. The summed E-state index contributed by atoms with van der Waals surface area (Å²) in [4.78, 5) is 21.6. The van der Waals surface area contributed by atoms with Gasteiger partial charge in [0.2, 0.25) is 0 Å². The SMILES string of the molecule is CCCN1CCN(CC)CCN(CC)CCN(CCC(=O)OC)CC1. The zero-order chi connectivity index (χ0) is 18.5. The predicted molar refractivity (Wildman–Crippen MR) is 104 cm³/mol. The highest BCUT2D eigenvalue weighted by Crippen LogP contribution is 2.02. The van der Waals surface area contributed by atoms with Crippen LogP contribution in [0.2, 0.25) is 0 Å². The normalized spacial score (nSPS) is 20.8. The molecule has 0 atom stereocenters. The minimum Gasteiger partial charge on any atom is -0.469 e. The van der Waals surface area contributed by atoms with Crippen molar-refractivity contribution in [3.8, 4) is 0 Å². The Bertz CT molecular complexity index is 354. The third kappa shape index (κ3) is 9.54. The maximum atomic E-state index is 11.5. The third-order valence-corrected chi connectivity index (χ3v) is 5.22. The number of carbonyl (C=O) groups is 1. The Hall–Kier alpha value is -0.690. The molecule has 1 aliphatic heterocycles. The number of rotatable bonds is 7. The molecule has 1 saturated heterocycles. The summed E-state index contributed by atoms with van der Waals surface area (Å²) in [5.74, 6) is -0.109. The van der Waals surface area contributed by atoms with Crippen molar-refractivity contribution in [2.24, 2.45) is 0 Å². The van der Waals surface area contributed by atoms with E-state index >= 15 is 0 Å². The van der Waals surface area contributed by atoms with Crippen LogP contribution in [0, 0.1) is 0 Å². The quantitative estimate of drug-likeness (QED) is 0.639. The van der Waals surface area contributed by atoms with Crippen molar-refractivity contribution >= 4 is 5.97 Å². The number of hydrogen-bond acceptors (Lipinski definition) is 6. The zero-order valence-electron chi connectivity index (χ0n) is 17.0. The number of carbonyl (C=O) groups excluding carboxylic acids is 1. The molecule has 6 heteroatoms. The molecular formula is C19H40N4O2. The Morgan fingerprint density at radius 3 is 1.48 bits per heavy atom. The third-order valence-electron chi connectivity index (χ3n) is 5.22. The van der Waals surface area contributed by atoms with Crippen LogP contribution < -0.4 is 0 Å². The van der Waals surface area contributed by atoms with Crippen molar-refractivity contribution in [2.45, 2.75) is 33.6 Å². The number of hydrogen-bond donors (Lipinski definition) is 0. The Labute approximate surface area is 155 Å². The maximum absolute atomic E-state index is 11.5. The fourth-order valence-corrected chi connectivity index (χ4v) is 3.33. The van der Waals surface area contributed by atoms with Crippen molar-refractivity contribution in [1.82, 2.24) is 19.6 Å². The molecule has 1 heterocycles. The minimum atomic E-state index is -0.109. The Kier molecular flexibility index (Phi) is 12.1. The summed E-state index contributed by atoms with van der Waals surface area (Å²) in [6, 6.07) is 0. The molecule has 0 aromatic carbocycles. The summed E-state index contributed by atoms with van der Waals surface area (Å²) in [6.07, 6.45) is 1.68. The van der Waals surface area contributed by atoms with Gasteiger partial charge in [-0.05, 0) is 26.1 Å². The average molecular weight is 357 g/mol. The molecule has 0 N–H and O–H groups in total. The first-order valence-corrected chi connectivity index (χ1v) is 10.1. The molecule has 1 fully saturated rings. The number of methoxy groups -OCH3 is 1. The summed E-state index contributed by atoms with van der Waals surface area (Å²) < 4.78 is 4.81. The lowest BCUT2D eigenvalue weighted by atomic mass is 10.3. The predicted octanol–water partition coefficient (Wildman–Crippen LogP) is 1.22. The first-order chi connectivity index (χ1) is 12.1. The van der Waals surface area contributed by atoms with Crippen LogP contribution in [0.5, 0.6) is 0 Å². The lowest BCUT2D eigenvalue weighted by molar-refractivity contribution is -0.141. The molecule has 0 aliphatic carbocycles. The second kappa shape index (κ2) is 13.5. The van der Waals surface area contributed by atoms with Crippen molar-refractivity contribution in [2.75, 3.05) is 85.6 Å². The summed E-state index contributed by atoms with van der Waals surface area (Å²) in [5.41, 5.74) is 0. The van der Waals surface area contributed by atoms with Crippen LogP contribution in [0.25, 0.3) is 0 Å². The van der Waals surface area contributed by atoms with Gasteiger partial charge in [0, 0.05) is 58.9 Å². The largest absolute Gasteiger partial charge is 0.469 e. The molecule has 6 nitrogen and oxygen atoms in total. The summed E-state index contributed by atoms with van der Waals surface area (Å²) in [6.45, 7) is 19.7. The first kappa shape index (κ1) is 22.4. The van der Waals surface area contributed by atoms with Gasteiger partial charge in [0.05, 0.1) is 13.5 Å². The van der Waals surface area contributed by atoms with Gasteiger partial charge in [0.25, 0.3) is 0 Å². The number of likely N-dealkylation sites (N-methyl/N-ethyl adjacent to an activating group) is 2. The van der Waals surface area contributed by atoms with E-state index < -0.39 is 0 Å². The van der Waals surface area contributed by atoms with Gasteiger partial charge in [-0.3, -0.25) is 4.79 Å². The number of ether oxygens (including phenoxy) is 1. The Morgan fingerprint density at radius 2 is 1.12 bits per heavy atom. The maximum Gasteiger partial charge on any atom is 0.306 e. The van der Waals surface area contributed by atoms with E-state index in [1.807, 2.05) is 0 Å². The standard InChI is InChI=1S/C19H40N4O2/c1-5-9-22-15-13-20(6-2)11-12-21(7-3)14-16-23(18-17-22)10-8-19(24)25-4/h5-18H2,1-4H3. The van der Waals surface area contributed by atoms with Crippen LogP contribution in [-0.2, 0) is 9.53 Å². The fourth-order valence-electron chi connectivity index (χ4n) is 3.33. The molecule has 0 saturated carbocycles. The van der Waals surface area contributed by atoms with Crippen LogP contribution in [-0.4, -0.2) is 111 Å². The van der Waals surface area contributed by atoms with Gasteiger partial charge < -0.3 is 24.3 Å². The van der Waals surface area contributed by atoms with Gasteiger partial charge in [0.1, 0.15) is 0 Å². The molecule has 0 unspecified atom stereocenters. The van der Waals surface area contributed by atoms with Crippen molar-refractivity contribution in [3.63, 3.8) is 0 Å². The van der Waals surface area contributed by atoms with E-state index in [-0.39, 0.29) is 5.97 Å². The van der Waals surface area contributed by atoms with Gasteiger partial charge in [-0.1, -0.05) is 20.8 Å². The highest BCUT2D eigenvalue weighted by atomic mass is 16.5. The van der Waals surface area contributed by atoms with Crippen LogP contribution >= 0.6 is 0 Å². The zero-order valence-corrected chi connectivity index (χ0v) is 17.0. The van der Waals surface area contributed by atoms with E-state index in [0.29, 0.717) is 6.42 Å². The molecule has 1 aliphatic rings. The molecule has 0 spiro atoms. The second-order valence-corrected chi connectivity index (χ2v) is 6.88. The average Bonchev–Trinajstić information content (AvgIpc) is 2.63. The van der Waals surface area contributed by atoms with Gasteiger partial charge >= 0.3 is 5.97 Å². The Morgan fingerprint density at radius 1 is 0.720 bits per heavy atom. The highest BCUT2D eigenvalue weighted by Gasteiger charge is 2.15. The van der Waals surface area contributed by atoms with Gasteiger partial charge in [-0.25, -0.2) is 0 Å². The van der Waals surface area contributed by atoms with Crippen LogP contribution in [0.1, 0.15) is 33.6 Å². The molecule has 148 valence electrons. The molecule has 1 rings (SSSR count). The highest BCUT2D eigenvalue weighted by molar-refractivity contribution is 5.69. The summed E-state index contributed by atoms with van der Waals surface area (Å²) in [5, 5.41) is 0. The first-order valence-electron chi connectivity index (χ1n) is 10.1. The lowest BCUT2D eigenvalue weighted by Gasteiger charge is -2.33. The van der Waals surface area contributed by atoms with Crippen molar-refractivity contribution in [3.05, 3.63) is 0 Å². The minimum absolute atomic E-state index is 0.109. The molecular weight excluding hydrogens is 316 g/mol. The van der Waals surface area contributed by atoms with E-state index in [0.717, 1.165) is 78.5 Å².